The quantitative estimate of drug-likeness (QED) is 0.668. The van der Waals surface area contributed by atoms with Gasteiger partial charge in [0.25, 0.3) is 0 Å². The first kappa shape index (κ1) is 9.03. The zero-order chi connectivity index (χ0) is 8.97. The molecule has 0 unspecified atom stereocenters. The predicted octanol–water partition coefficient (Wildman–Crippen LogP) is 1.34. The minimum Gasteiger partial charge on any atom is -0.507 e. The van der Waals surface area contributed by atoms with Crippen LogP contribution in [0.25, 0.3) is 0 Å². The third kappa shape index (κ3) is 1.75. The van der Waals surface area contributed by atoms with Crippen LogP contribution in [0.5, 0.6) is 5.75 Å². The molecule has 0 saturated heterocycles. The Balaban J connectivity index is 2.97. The molecular weight excluding hydrogens is 154 g/mol. The predicted molar refractivity (Wildman–Crippen MR) is 46.5 cm³/mol. The molecule has 0 aliphatic heterocycles. The van der Waals surface area contributed by atoms with Gasteiger partial charge in [-0.05, 0) is 12.0 Å². The van der Waals surface area contributed by atoms with Gasteiger partial charge in [0.05, 0.1) is 6.61 Å². The van der Waals surface area contributed by atoms with Gasteiger partial charge in [0, 0.05) is 5.56 Å². The topological polar surface area (TPSA) is 55.5 Å². The van der Waals surface area contributed by atoms with Crippen molar-refractivity contribution in [2.24, 2.45) is 5.90 Å². The Kier molecular flexibility index (Phi) is 3.08. The number of nitrogens with two attached hydrogens (primary N) is 1. The first-order valence-corrected chi connectivity index (χ1v) is 3.91. The second-order valence-electron chi connectivity index (χ2n) is 2.59. The van der Waals surface area contributed by atoms with Gasteiger partial charge in [0.1, 0.15) is 5.75 Å². The molecule has 0 fully saturated rings. The molecule has 0 atom stereocenters. The number of phenols is 1. The largest absolute Gasteiger partial charge is 0.507 e. The van der Waals surface area contributed by atoms with Crippen LogP contribution < -0.4 is 5.90 Å². The molecular formula is C9H13NO2. The minimum atomic E-state index is 0.250. The van der Waals surface area contributed by atoms with E-state index in [0.29, 0.717) is 5.75 Å². The summed E-state index contributed by atoms with van der Waals surface area (Å²) in [4.78, 5) is 4.45. The normalized spacial score (nSPS) is 10.2. The van der Waals surface area contributed by atoms with Crippen LogP contribution in [0.3, 0.4) is 0 Å². The number of benzene rings is 1. The van der Waals surface area contributed by atoms with Crippen LogP contribution in [0.1, 0.15) is 18.1 Å². The fraction of sp³-hybridized carbons (Fsp3) is 0.333. The van der Waals surface area contributed by atoms with Crippen molar-refractivity contribution in [3.05, 3.63) is 29.3 Å². The molecule has 3 heteroatoms. The van der Waals surface area contributed by atoms with Gasteiger partial charge >= 0.3 is 0 Å². The van der Waals surface area contributed by atoms with E-state index in [9.17, 15) is 5.11 Å². The summed E-state index contributed by atoms with van der Waals surface area (Å²) in [6.45, 7) is 2.24. The lowest BCUT2D eigenvalue weighted by Gasteiger charge is -2.06. The third-order valence-electron chi connectivity index (χ3n) is 1.82. The fourth-order valence-corrected chi connectivity index (χ4v) is 1.14. The molecule has 1 rings (SSSR count). The molecule has 0 bridgehead atoms. The number of rotatable bonds is 3. The van der Waals surface area contributed by atoms with Crippen molar-refractivity contribution >= 4 is 0 Å². The van der Waals surface area contributed by atoms with E-state index >= 15 is 0 Å². The van der Waals surface area contributed by atoms with E-state index in [1.165, 1.54) is 0 Å². The Morgan fingerprint density at radius 1 is 1.42 bits per heavy atom. The van der Waals surface area contributed by atoms with E-state index in [0.717, 1.165) is 17.5 Å². The van der Waals surface area contributed by atoms with Gasteiger partial charge in [-0.15, -0.1) is 0 Å². The van der Waals surface area contributed by atoms with Gasteiger partial charge in [0.2, 0.25) is 0 Å². The van der Waals surface area contributed by atoms with Crippen LogP contribution >= 0.6 is 0 Å². The lowest BCUT2D eigenvalue weighted by Crippen LogP contribution is -1.99. The van der Waals surface area contributed by atoms with E-state index in [4.69, 9.17) is 5.90 Å². The summed E-state index contributed by atoms with van der Waals surface area (Å²) in [5, 5.41) is 9.58. The molecule has 0 spiro atoms. The molecule has 12 heavy (non-hydrogen) atoms. The summed E-state index contributed by atoms with van der Waals surface area (Å²) in [6, 6.07) is 5.56. The van der Waals surface area contributed by atoms with Crippen LogP contribution in [0.4, 0.5) is 0 Å². The summed E-state index contributed by atoms with van der Waals surface area (Å²) >= 11 is 0. The zero-order valence-corrected chi connectivity index (χ0v) is 7.08. The monoisotopic (exact) mass is 167 g/mol. The highest BCUT2D eigenvalue weighted by Gasteiger charge is 2.04. The summed E-state index contributed by atoms with van der Waals surface area (Å²) < 4.78 is 0. The molecule has 0 aromatic heterocycles. The average Bonchev–Trinajstić information content (AvgIpc) is 2.09. The van der Waals surface area contributed by atoms with Gasteiger partial charge in [-0.2, -0.15) is 0 Å². The maximum atomic E-state index is 9.58. The summed E-state index contributed by atoms with van der Waals surface area (Å²) in [6.07, 6.45) is 0.810. The molecule has 1 aromatic carbocycles. The summed E-state index contributed by atoms with van der Waals surface area (Å²) in [7, 11) is 0. The van der Waals surface area contributed by atoms with Crippen molar-refractivity contribution in [2.45, 2.75) is 20.0 Å². The van der Waals surface area contributed by atoms with Gasteiger partial charge in [-0.25, -0.2) is 5.90 Å². The van der Waals surface area contributed by atoms with Crippen molar-refractivity contribution in [1.29, 1.82) is 0 Å². The van der Waals surface area contributed by atoms with Crippen molar-refractivity contribution in [3.63, 3.8) is 0 Å². The van der Waals surface area contributed by atoms with Crippen molar-refractivity contribution in [3.8, 4) is 5.75 Å². The Labute approximate surface area is 71.7 Å². The molecule has 3 N–H and O–H groups in total. The molecule has 0 amide bonds. The molecule has 66 valence electrons. The van der Waals surface area contributed by atoms with Crippen molar-refractivity contribution in [1.82, 2.24) is 0 Å². The Hall–Kier alpha value is -1.06. The molecule has 0 heterocycles. The number of phenolic OH excluding ortho intramolecular Hbond substituents is 1. The second-order valence-corrected chi connectivity index (χ2v) is 2.59. The van der Waals surface area contributed by atoms with Crippen molar-refractivity contribution in [2.75, 3.05) is 0 Å². The number of para-hydroxylation sites is 1. The lowest BCUT2D eigenvalue weighted by atomic mass is 10.1. The average molecular weight is 167 g/mol. The smallest absolute Gasteiger partial charge is 0.124 e. The van der Waals surface area contributed by atoms with Crippen LogP contribution in [-0.2, 0) is 17.9 Å². The highest BCUT2D eigenvalue weighted by atomic mass is 16.6. The van der Waals surface area contributed by atoms with Crippen LogP contribution in [0.15, 0.2) is 18.2 Å². The van der Waals surface area contributed by atoms with Crippen LogP contribution in [-0.4, -0.2) is 5.11 Å². The Morgan fingerprint density at radius 3 is 2.67 bits per heavy atom. The van der Waals surface area contributed by atoms with E-state index in [-0.39, 0.29) is 6.61 Å². The van der Waals surface area contributed by atoms with E-state index < -0.39 is 0 Å². The molecule has 3 nitrogen and oxygen atoms in total. The molecule has 0 saturated carbocycles. The Bertz CT molecular complexity index is 261. The first-order chi connectivity index (χ1) is 5.79. The number of hydrogen-bond acceptors (Lipinski definition) is 3. The zero-order valence-electron chi connectivity index (χ0n) is 7.08. The van der Waals surface area contributed by atoms with Crippen LogP contribution in [0, 0.1) is 0 Å². The molecule has 0 aliphatic rings. The highest BCUT2D eigenvalue weighted by molar-refractivity contribution is 5.39. The SMILES string of the molecule is CCc1cccc(CON)c1O. The summed E-state index contributed by atoms with van der Waals surface area (Å²) in [5.74, 6) is 5.21. The van der Waals surface area contributed by atoms with Gasteiger partial charge < -0.3 is 5.11 Å². The number of hydrogen-bond donors (Lipinski definition) is 2. The maximum absolute atomic E-state index is 9.58. The van der Waals surface area contributed by atoms with Crippen LogP contribution in [0.2, 0.25) is 0 Å². The number of aryl methyl sites for hydroxylation is 1. The third-order valence-corrected chi connectivity index (χ3v) is 1.82. The minimum absolute atomic E-state index is 0.250. The van der Waals surface area contributed by atoms with Gasteiger partial charge in [-0.1, -0.05) is 25.1 Å². The fourth-order valence-electron chi connectivity index (χ4n) is 1.14. The van der Waals surface area contributed by atoms with Gasteiger partial charge in [-0.3, -0.25) is 4.84 Å². The highest BCUT2D eigenvalue weighted by Crippen LogP contribution is 2.22. The standard InChI is InChI=1S/C9H13NO2/c1-2-7-4-3-5-8(6-12-10)9(7)11/h3-5,11H,2,6,10H2,1H3. The number of aromatic hydroxyl groups is 1. The molecule has 0 radical (unpaired) electrons. The summed E-state index contributed by atoms with van der Waals surface area (Å²) in [5.41, 5.74) is 1.65. The Morgan fingerprint density at radius 2 is 2.08 bits per heavy atom. The first-order valence-electron chi connectivity index (χ1n) is 3.91. The lowest BCUT2D eigenvalue weighted by molar-refractivity contribution is 0.122. The maximum Gasteiger partial charge on any atom is 0.124 e. The van der Waals surface area contributed by atoms with E-state index in [2.05, 4.69) is 4.84 Å². The van der Waals surface area contributed by atoms with Gasteiger partial charge in [0.15, 0.2) is 0 Å². The van der Waals surface area contributed by atoms with Crippen molar-refractivity contribution < 1.29 is 9.94 Å². The second kappa shape index (κ2) is 4.09. The van der Waals surface area contributed by atoms with E-state index in [1.807, 2.05) is 19.1 Å². The molecule has 1 aromatic rings. The molecule has 0 aliphatic carbocycles. The van der Waals surface area contributed by atoms with E-state index in [1.54, 1.807) is 6.07 Å².